The number of carboxylic acids is 1. The molecule has 184 valence electrons. The molecular formula is C27H23FN2O6. The third-order valence-electron chi connectivity index (χ3n) is 5.28. The number of esters is 1. The van der Waals surface area contributed by atoms with Crippen LogP contribution in [0.3, 0.4) is 0 Å². The number of hydrogen-bond donors (Lipinski definition) is 2. The lowest BCUT2D eigenvalue weighted by molar-refractivity contribution is -0.138. The molecule has 0 saturated carbocycles. The smallest absolute Gasteiger partial charge is 0.336 e. The highest BCUT2D eigenvalue weighted by Crippen LogP contribution is 2.37. The third-order valence-corrected chi connectivity index (χ3v) is 5.28. The molecule has 0 aliphatic heterocycles. The largest absolute Gasteiger partial charge is 0.478 e. The minimum atomic E-state index is -1.32. The highest BCUT2D eigenvalue weighted by molar-refractivity contribution is 5.93. The normalized spacial score (nSPS) is 11.3. The summed E-state index contributed by atoms with van der Waals surface area (Å²) >= 11 is 0. The molecule has 3 aromatic carbocycles. The van der Waals surface area contributed by atoms with Crippen LogP contribution in [-0.4, -0.2) is 37.9 Å². The van der Waals surface area contributed by atoms with E-state index in [-0.39, 0.29) is 52.6 Å². The van der Waals surface area contributed by atoms with Gasteiger partial charge in [0.05, 0.1) is 28.7 Å². The van der Waals surface area contributed by atoms with Gasteiger partial charge in [-0.25, -0.2) is 9.18 Å². The second-order valence-electron chi connectivity index (χ2n) is 8.80. The zero-order valence-electron chi connectivity index (χ0n) is 19.6. The Kier molecular flexibility index (Phi) is 6.93. The van der Waals surface area contributed by atoms with Crippen molar-refractivity contribution >= 4 is 11.9 Å². The van der Waals surface area contributed by atoms with Gasteiger partial charge in [0.15, 0.2) is 0 Å². The maximum absolute atomic E-state index is 14.3. The zero-order chi connectivity index (χ0) is 25.9. The molecule has 0 aliphatic carbocycles. The number of halogens is 1. The molecule has 1 heterocycles. The van der Waals surface area contributed by atoms with E-state index >= 15 is 0 Å². The number of carbonyl (C=O) groups excluding carboxylic acids is 1. The highest BCUT2D eigenvalue weighted by Gasteiger charge is 2.27. The fourth-order valence-electron chi connectivity index (χ4n) is 3.72. The van der Waals surface area contributed by atoms with E-state index in [1.54, 1.807) is 6.07 Å². The lowest BCUT2D eigenvalue weighted by atomic mass is 9.93. The summed E-state index contributed by atoms with van der Waals surface area (Å²) in [6.07, 6.45) is -0.161. The summed E-state index contributed by atoms with van der Waals surface area (Å²) in [5.74, 6) is -2.73. The number of ether oxygens (including phenoxy) is 1. The molecule has 0 fully saturated rings. The van der Waals surface area contributed by atoms with Gasteiger partial charge in [0, 0.05) is 0 Å². The Morgan fingerprint density at radius 1 is 1.03 bits per heavy atom. The van der Waals surface area contributed by atoms with Crippen molar-refractivity contribution in [1.82, 2.24) is 10.1 Å². The quantitative estimate of drug-likeness (QED) is 0.264. The Labute approximate surface area is 206 Å². The number of aliphatic hydroxyl groups is 1. The number of rotatable bonds is 8. The molecule has 4 rings (SSSR count). The molecule has 8 nitrogen and oxygen atoms in total. The fourth-order valence-corrected chi connectivity index (χ4v) is 3.72. The van der Waals surface area contributed by atoms with Gasteiger partial charge in [-0.1, -0.05) is 47.6 Å². The van der Waals surface area contributed by atoms with Gasteiger partial charge >= 0.3 is 11.9 Å². The molecule has 0 aliphatic rings. The first-order valence-corrected chi connectivity index (χ1v) is 11.1. The Morgan fingerprint density at radius 3 is 2.39 bits per heavy atom. The molecule has 0 amide bonds. The van der Waals surface area contributed by atoms with Gasteiger partial charge in [0.1, 0.15) is 11.6 Å². The monoisotopic (exact) mass is 490 g/mol. The summed E-state index contributed by atoms with van der Waals surface area (Å²) in [6, 6.07) is 17.6. The Balaban J connectivity index is 1.89. The summed E-state index contributed by atoms with van der Waals surface area (Å²) in [5.41, 5.74) is -0.115. The standard InChI is InChI=1S/C27H23FN2O6/c1-27(2,34)15-22(31)35-21-13-12-17(26(32)33)19(14-16-8-4-3-5-9-16)23(21)24-29-25(36-30-24)18-10-6-7-11-20(18)28/h3-13,34H,14-15H2,1-2H3,(H,32,33). The molecule has 2 N–H and O–H groups in total. The Morgan fingerprint density at radius 2 is 1.72 bits per heavy atom. The number of carboxylic acid groups (broad SMARTS) is 1. The molecule has 9 heteroatoms. The van der Waals surface area contributed by atoms with Crippen molar-refractivity contribution in [3.63, 3.8) is 0 Å². The molecule has 0 radical (unpaired) electrons. The molecule has 0 saturated heterocycles. The van der Waals surface area contributed by atoms with Gasteiger partial charge in [-0.05, 0) is 55.7 Å². The topological polar surface area (TPSA) is 123 Å². The van der Waals surface area contributed by atoms with E-state index in [0.29, 0.717) is 0 Å². The predicted octanol–water partition coefficient (Wildman–Crippen LogP) is 4.90. The van der Waals surface area contributed by atoms with Crippen LogP contribution in [-0.2, 0) is 11.2 Å². The molecule has 36 heavy (non-hydrogen) atoms. The van der Waals surface area contributed by atoms with Crippen molar-refractivity contribution < 1.29 is 33.5 Å². The van der Waals surface area contributed by atoms with E-state index in [4.69, 9.17) is 9.26 Å². The average Bonchev–Trinajstić information content (AvgIpc) is 3.28. The van der Waals surface area contributed by atoms with E-state index in [2.05, 4.69) is 10.1 Å². The molecule has 0 bridgehead atoms. The minimum Gasteiger partial charge on any atom is -0.478 e. The maximum atomic E-state index is 14.3. The minimum absolute atomic E-state index is 0.0129. The van der Waals surface area contributed by atoms with Crippen molar-refractivity contribution in [2.24, 2.45) is 0 Å². The number of benzene rings is 3. The zero-order valence-corrected chi connectivity index (χ0v) is 19.6. The number of hydrogen-bond acceptors (Lipinski definition) is 7. The van der Waals surface area contributed by atoms with Gasteiger partial charge in [0.25, 0.3) is 5.89 Å². The van der Waals surface area contributed by atoms with Gasteiger partial charge in [0.2, 0.25) is 5.82 Å². The van der Waals surface area contributed by atoms with Crippen molar-refractivity contribution in [2.75, 3.05) is 0 Å². The van der Waals surface area contributed by atoms with Crippen LogP contribution in [0, 0.1) is 5.82 Å². The van der Waals surface area contributed by atoms with E-state index < -0.39 is 23.4 Å². The van der Waals surface area contributed by atoms with E-state index in [1.807, 2.05) is 30.3 Å². The second kappa shape index (κ2) is 10.1. The second-order valence-corrected chi connectivity index (χ2v) is 8.80. The fraction of sp³-hybridized carbons (Fsp3) is 0.185. The lowest BCUT2D eigenvalue weighted by Gasteiger charge is -2.18. The van der Waals surface area contributed by atoms with Gasteiger partial charge in [-0.2, -0.15) is 4.98 Å². The summed E-state index contributed by atoms with van der Waals surface area (Å²) in [7, 11) is 0. The maximum Gasteiger partial charge on any atom is 0.336 e. The summed E-state index contributed by atoms with van der Waals surface area (Å²) < 4.78 is 25.2. The van der Waals surface area contributed by atoms with Crippen LogP contribution in [0.2, 0.25) is 0 Å². The van der Waals surface area contributed by atoms with E-state index in [1.165, 1.54) is 44.2 Å². The van der Waals surface area contributed by atoms with Crippen LogP contribution in [0.1, 0.15) is 41.8 Å². The van der Waals surface area contributed by atoms with Crippen molar-refractivity contribution in [3.8, 4) is 28.6 Å². The lowest BCUT2D eigenvalue weighted by Crippen LogP contribution is -2.26. The third kappa shape index (κ3) is 5.64. The van der Waals surface area contributed by atoms with Gasteiger partial charge in [-0.15, -0.1) is 0 Å². The van der Waals surface area contributed by atoms with Crippen LogP contribution >= 0.6 is 0 Å². The van der Waals surface area contributed by atoms with Crippen LogP contribution < -0.4 is 4.74 Å². The van der Waals surface area contributed by atoms with Crippen LogP contribution in [0.4, 0.5) is 4.39 Å². The first-order valence-electron chi connectivity index (χ1n) is 11.1. The molecule has 1 aromatic heterocycles. The first-order chi connectivity index (χ1) is 17.1. The number of aromatic carboxylic acids is 1. The molecule has 4 aromatic rings. The Hall–Kier alpha value is -4.37. The van der Waals surface area contributed by atoms with Crippen LogP contribution in [0.15, 0.2) is 71.3 Å². The highest BCUT2D eigenvalue weighted by atomic mass is 19.1. The molecule has 0 atom stereocenters. The number of aromatic nitrogens is 2. The first kappa shape index (κ1) is 24.7. The van der Waals surface area contributed by atoms with E-state index in [0.717, 1.165) is 5.56 Å². The van der Waals surface area contributed by atoms with Gasteiger partial charge < -0.3 is 19.5 Å². The van der Waals surface area contributed by atoms with Crippen LogP contribution in [0.5, 0.6) is 5.75 Å². The summed E-state index contributed by atoms with van der Waals surface area (Å²) in [5, 5.41) is 23.9. The van der Waals surface area contributed by atoms with Crippen molar-refractivity contribution in [2.45, 2.75) is 32.3 Å². The summed E-state index contributed by atoms with van der Waals surface area (Å²) in [6.45, 7) is 2.92. The molecule has 0 unspecified atom stereocenters. The average molecular weight is 490 g/mol. The Bertz CT molecular complexity index is 1410. The van der Waals surface area contributed by atoms with E-state index in [9.17, 15) is 24.2 Å². The molecule has 0 spiro atoms. The summed E-state index contributed by atoms with van der Waals surface area (Å²) in [4.78, 5) is 29.0. The number of nitrogens with zero attached hydrogens (tertiary/aromatic N) is 2. The van der Waals surface area contributed by atoms with Crippen molar-refractivity contribution in [1.29, 1.82) is 0 Å². The number of carbonyl (C=O) groups is 2. The predicted molar refractivity (Wildman–Crippen MR) is 128 cm³/mol. The van der Waals surface area contributed by atoms with Crippen molar-refractivity contribution in [3.05, 3.63) is 89.2 Å². The SMILES string of the molecule is CC(C)(O)CC(=O)Oc1ccc(C(=O)O)c(Cc2ccccc2)c1-c1noc(-c2ccccc2F)n1. The van der Waals surface area contributed by atoms with Gasteiger partial charge in [-0.3, -0.25) is 4.79 Å². The molecular weight excluding hydrogens is 467 g/mol. The van der Waals surface area contributed by atoms with Crippen LogP contribution in [0.25, 0.3) is 22.8 Å².